The number of urea groups is 1. The van der Waals surface area contributed by atoms with Gasteiger partial charge in [0.25, 0.3) is 0 Å². The molecule has 0 spiro atoms. The summed E-state index contributed by atoms with van der Waals surface area (Å²) in [7, 11) is 0. The molecule has 5 unspecified atom stereocenters. The van der Waals surface area contributed by atoms with Crippen LogP contribution < -0.4 is 5.32 Å². The van der Waals surface area contributed by atoms with Crippen LogP contribution in [0.2, 0.25) is 0 Å². The highest BCUT2D eigenvalue weighted by atomic mass is 16.5. The largest absolute Gasteiger partial charge is 0.379 e. The lowest BCUT2D eigenvalue weighted by Crippen LogP contribution is -2.47. The molecule has 0 aromatic heterocycles. The van der Waals surface area contributed by atoms with Gasteiger partial charge in [-0.15, -0.1) is 0 Å². The number of likely N-dealkylation sites (tertiary alicyclic amines) is 1. The number of nitrogens with one attached hydrogen (secondary N) is 1. The predicted molar refractivity (Wildman–Crippen MR) is 91.0 cm³/mol. The summed E-state index contributed by atoms with van der Waals surface area (Å²) in [5.41, 5.74) is 0. The Hall–Kier alpha value is -0.850. The fraction of sp³-hybridized carbons (Fsp3) is 0.944. The van der Waals surface area contributed by atoms with Crippen molar-refractivity contribution in [1.82, 2.24) is 15.1 Å². The zero-order valence-electron chi connectivity index (χ0n) is 14.8. The van der Waals surface area contributed by atoms with Gasteiger partial charge in [0.05, 0.1) is 25.4 Å². The monoisotopic (exact) mass is 337 g/mol. The van der Waals surface area contributed by atoms with E-state index in [1.54, 1.807) is 0 Å². The van der Waals surface area contributed by atoms with Crippen molar-refractivity contribution in [2.75, 3.05) is 39.4 Å². The van der Waals surface area contributed by atoms with Gasteiger partial charge in [0.2, 0.25) is 0 Å². The van der Waals surface area contributed by atoms with E-state index in [9.17, 15) is 4.79 Å². The van der Waals surface area contributed by atoms with E-state index in [-0.39, 0.29) is 6.03 Å². The van der Waals surface area contributed by atoms with Crippen LogP contribution in [-0.2, 0) is 9.47 Å². The van der Waals surface area contributed by atoms with Gasteiger partial charge in [-0.2, -0.15) is 0 Å². The average molecular weight is 337 g/mol. The highest BCUT2D eigenvalue weighted by Crippen LogP contribution is 2.40. The Bertz CT molecular complexity index is 455. The number of morpholine rings is 1. The van der Waals surface area contributed by atoms with E-state index in [0.29, 0.717) is 30.2 Å². The topological polar surface area (TPSA) is 54.0 Å². The van der Waals surface area contributed by atoms with Crippen LogP contribution in [0.4, 0.5) is 4.79 Å². The lowest BCUT2D eigenvalue weighted by atomic mass is 9.87. The molecule has 4 fully saturated rings. The number of rotatable bonds is 4. The molecule has 6 nitrogen and oxygen atoms in total. The molecule has 4 aliphatic heterocycles. The molecule has 0 aliphatic carbocycles. The minimum atomic E-state index is 0.113. The summed E-state index contributed by atoms with van der Waals surface area (Å²) in [5, 5.41) is 3.15. The SMILES string of the molecule is CC1CC(N2CCOCC2)CN1C(=O)NCCC1CC2CCC1O2. The third-order valence-corrected chi connectivity index (χ3v) is 6.40. The van der Waals surface area contributed by atoms with Crippen LogP contribution in [-0.4, -0.2) is 79.5 Å². The smallest absolute Gasteiger partial charge is 0.317 e. The third kappa shape index (κ3) is 3.41. The standard InChI is InChI=1S/C18H31N3O3/c1-13-10-15(20-6-8-23-9-7-20)12-21(13)18(22)19-5-4-14-11-16-2-3-17(14)24-16/h13-17H,2-12H2,1H3,(H,19,22). The normalized spacial score (nSPS) is 39.5. The molecule has 4 rings (SSSR count). The number of hydrogen-bond donors (Lipinski definition) is 1. The molecule has 0 aromatic carbocycles. The van der Waals surface area contributed by atoms with Crippen molar-refractivity contribution >= 4 is 6.03 Å². The Morgan fingerprint density at radius 3 is 2.75 bits per heavy atom. The number of ether oxygens (including phenoxy) is 2. The zero-order chi connectivity index (χ0) is 16.5. The summed E-state index contributed by atoms with van der Waals surface area (Å²) in [5.74, 6) is 0.654. The molecular formula is C18H31N3O3. The number of carbonyl (C=O) groups is 1. The number of amides is 2. The molecule has 5 atom stereocenters. The van der Waals surface area contributed by atoms with E-state index in [0.717, 1.165) is 52.2 Å². The van der Waals surface area contributed by atoms with Crippen molar-refractivity contribution < 1.29 is 14.3 Å². The molecule has 2 bridgehead atoms. The third-order valence-electron chi connectivity index (χ3n) is 6.40. The van der Waals surface area contributed by atoms with E-state index < -0.39 is 0 Å². The number of carbonyl (C=O) groups excluding carboxylic acids is 1. The second-order valence-corrected chi connectivity index (χ2v) is 7.93. The van der Waals surface area contributed by atoms with Crippen molar-refractivity contribution in [3.63, 3.8) is 0 Å². The average Bonchev–Trinajstić information content (AvgIpc) is 3.31. The van der Waals surface area contributed by atoms with Crippen molar-refractivity contribution in [2.45, 2.75) is 63.3 Å². The molecule has 4 saturated heterocycles. The molecular weight excluding hydrogens is 306 g/mol. The van der Waals surface area contributed by atoms with E-state index in [4.69, 9.17) is 9.47 Å². The molecule has 6 heteroatoms. The Balaban J connectivity index is 1.21. The minimum Gasteiger partial charge on any atom is -0.379 e. The maximum atomic E-state index is 12.6. The van der Waals surface area contributed by atoms with Crippen LogP contribution in [0.15, 0.2) is 0 Å². The first-order valence-corrected chi connectivity index (χ1v) is 9.72. The summed E-state index contributed by atoms with van der Waals surface area (Å²) >= 11 is 0. The molecule has 4 aliphatic rings. The van der Waals surface area contributed by atoms with Crippen molar-refractivity contribution in [3.8, 4) is 0 Å². The molecule has 2 amide bonds. The summed E-state index contributed by atoms with van der Waals surface area (Å²) in [6.07, 6.45) is 6.75. The van der Waals surface area contributed by atoms with Gasteiger partial charge in [0.1, 0.15) is 0 Å². The van der Waals surface area contributed by atoms with Crippen LogP contribution in [0.5, 0.6) is 0 Å². The molecule has 0 aromatic rings. The Morgan fingerprint density at radius 1 is 1.21 bits per heavy atom. The van der Waals surface area contributed by atoms with Gasteiger partial charge in [0, 0.05) is 38.3 Å². The fourth-order valence-electron chi connectivity index (χ4n) is 5.01. The zero-order valence-corrected chi connectivity index (χ0v) is 14.8. The molecule has 4 heterocycles. The molecule has 136 valence electrons. The Morgan fingerprint density at radius 2 is 2.04 bits per heavy atom. The van der Waals surface area contributed by atoms with Crippen LogP contribution in [0.25, 0.3) is 0 Å². The van der Waals surface area contributed by atoms with E-state index in [1.165, 1.54) is 19.3 Å². The maximum absolute atomic E-state index is 12.6. The van der Waals surface area contributed by atoms with Gasteiger partial charge in [0.15, 0.2) is 0 Å². The van der Waals surface area contributed by atoms with Crippen LogP contribution >= 0.6 is 0 Å². The van der Waals surface area contributed by atoms with Gasteiger partial charge in [-0.3, -0.25) is 4.90 Å². The van der Waals surface area contributed by atoms with Crippen molar-refractivity contribution in [1.29, 1.82) is 0 Å². The van der Waals surface area contributed by atoms with Crippen LogP contribution in [0, 0.1) is 5.92 Å². The van der Waals surface area contributed by atoms with E-state index in [1.807, 2.05) is 4.90 Å². The van der Waals surface area contributed by atoms with Gasteiger partial charge in [-0.1, -0.05) is 0 Å². The van der Waals surface area contributed by atoms with Crippen molar-refractivity contribution in [2.24, 2.45) is 5.92 Å². The minimum absolute atomic E-state index is 0.113. The first-order chi connectivity index (χ1) is 11.7. The van der Waals surface area contributed by atoms with Crippen molar-refractivity contribution in [3.05, 3.63) is 0 Å². The summed E-state index contributed by atoms with van der Waals surface area (Å²) < 4.78 is 11.3. The van der Waals surface area contributed by atoms with Crippen LogP contribution in [0.1, 0.15) is 39.0 Å². The quantitative estimate of drug-likeness (QED) is 0.844. The Kier molecular flexibility index (Phi) is 4.97. The number of nitrogens with zero attached hydrogens (tertiary/aromatic N) is 2. The molecule has 0 radical (unpaired) electrons. The molecule has 0 saturated carbocycles. The highest BCUT2D eigenvalue weighted by molar-refractivity contribution is 5.74. The molecule has 24 heavy (non-hydrogen) atoms. The number of hydrogen-bond acceptors (Lipinski definition) is 4. The van der Waals surface area contributed by atoms with E-state index in [2.05, 4.69) is 17.1 Å². The summed E-state index contributed by atoms with van der Waals surface area (Å²) in [6, 6.07) is 0.930. The van der Waals surface area contributed by atoms with Gasteiger partial charge in [-0.05, 0) is 44.9 Å². The summed E-state index contributed by atoms with van der Waals surface area (Å²) in [6.45, 7) is 7.44. The lowest BCUT2D eigenvalue weighted by Gasteiger charge is -2.32. The van der Waals surface area contributed by atoms with E-state index >= 15 is 0 Å². The number of fused-ring (bicyclic) bond motifs is 2. The summed E-state index contributed by atoms with van der Waals surface area (Å²) in [4.78, 5) is 17.1. The second-order valence-electron chi connectivity index (χ2n) is 7.93. The van der Waals surface area contributed by atoms with Crippen LogP contribution in [0.3, 0.4) is 0 Å². The highest BCUT2D eigenvalue weighted by Gasteiger charge is 2.40. The maximum Gasteiger partial charge on any atom is 0.317 e. The lowest BCUT2D eigenvalue weighted by molar-refractivity contribution is 0.0190. The fourth-order valence-corrected chi connectivity index (χ4v) is 5.01. The first-order valence-electron chi connectivity index (χ1n) is 9.72. The Labute approximate surface area is 144 Å². The second kappa shape index (κ2) is 7.18. The van der Waals surface area contributed by atoms with Gasteiger partial charge in [-0.25, -0.2) is 4.79 Å². The predicted octanol–water partition coefficient (Wildman–Crippen LogP) is 1.45. The van der Waals surface area contributed by atoms with Gasteiger partial charge >= 0.3 is 6.03 Å². The molecule has 1 N–H and O–H groups in total. The first kappa shape index (κ1) is 16.6. The van der Waals surface area contributed by atoms with Gasteiger partial charge < -0.3 is 19.7 Å².